The highest BCUT2D eigenvalue weighted by Gasteiger charge is 2.06. The summed E-state index contributed by atoms with van der Waals surface area (Å²) in [7, 11) is 0. The lowest BCUT2D eigenvalue weighted by atomic mass is 10.1. The summed E-state index contributed by atoms with van der Waals surface area (Å²) < 4.78 is 2.00. The topological polar surface area (TPSA) is 43.3 Å². The standard InChI is InChI=1S/C15H14ClN3/c1-10-6-12(3-4-13(10)16)14-9-19-8-11(7-17)2-5-15(19)18-14/h2-6,8-9H,7,17H2,1H3. The molecule has 0 saturated heterocycles. The van der Waals surface area contributed by atoms with Crippen molar-refractivity contribution in [3.63, 3.8) is 0 Å². The predicted octanol–water partition coefficient (Wildman–Crippen LogP) is 3.42. The van der Waals surface area contributed by atoms with E-state index in [1.54, 1.807) is 0 Å². The molecular weight excluding hydrogens is 258 g/mol. The molecule has 0 fully saturated rings. The van der Waals surface area contributed by atoms with Gasteiger partial charge in [0.25, 0.3) is 0 Å². The van der Waals surface area contributed by atoms with Gasteiger partial charge in [-0.3, -0.25) is 0 Å². The van der Waals surface area contributed by atoms with Gasteiger partial charge in [0.1, 0.15) is 5.65 Å². The first-order valence-electron chi connectivity index (χ1n) is 6.11. The second kappa shape index (κ2) is 4.68. The van der Waals surface area contributed by atoms with Crippen LogP contribution in [0.1, 0.15) is 11.1 Å². The van der Waals surface area contributed by atoms with Crippen LogP contribution >= 0.6 is 11.6 Å². The molecule has 1 aromatic carbocycles. The Balaban J connectivity index is 2.11. The first kappa shape index (κ1) is 12.2. The summed E-state index contributed by atoms with van der Waals surface area (Å²) >= 11 is 6.05. The number of imidazole rings is 1. The van der Waals surface area contributed by atoms with E-state index in [1.807, 2.05) is 54.0 Å². The quantitative estimate of drug-likeness (QED) is 0.776. The molecule has 0 bridgehead atoms. The molecule has 2 N–H and O–H groups in total. The molecule has 2 heterocycles. The minimum Gasteiger partial charge on any atom is -0.326 e. The largest absolute Gasteiger partial charge is 0.326 e. The number of halogens is 1. The number of aryl methyl sites for hydroxylation is 1. The Morgan fingerprint density at radius 1 is 1.21 bits per heavy atom. The average molecular weight is 272 g/mol. The van der Waals surface area contributed by atoms with E-state index in [0.29, 0.717) is 6.54 Å². The zero-order chi connectivity index (χ0) is 13.4. The molecule has 0 aliphatic carbocycles. The lowest BCUT2D eigenvalue weighted by Crippen LogP contribution is -1.97. The van der Waals surface area contributed by atoms with Gasteiger partial charge in [0, 0.05) is 29.5 Å². The number of hydrogen-bond donors (Lipinski definition) is 1. The van der Waals surface area contributed by atoms with Crippen molar-refractivity contribution >= 4 is 17.2 Å². The Bertz CT molecular complexity index is 746. The summed E-state index contributed by atoms with van der Waals surface area (Å²) in [5.41, 5.74) is 10.7. The van der Waals surface area contributed by atoms with Crippen LogP contribution in [0.3, 0.4) is 0 Å². The number of rotatable bonds is 2. The van der Waals surface area contributed by atoms with Gasteiger partial charge in [0.05, 0.1) is 5.69 Å². The van der Waals surface area contributed by atoms with Gasteiger partial charge in [-0.2, -0.15) is 0 Å². The van der Waals surface area contributed by atoms with Crippen LogP contribution in [0, 0.1) is 6.92 Å². The Labute approximate surface area is 116 Å². The molecule has 0 atom stereocenters. The van der Waals surface area contributed by atoms with E-state index in [-0.39, 0.29) is 0 Å². The van der Waals surface area contributed by atoms with Crippen LogP contribution in [0.25, 0.3) is 16.9 Å². The fraction of sp³-hybridized carbons (Fsp3) is 0.133. The molecule has 0 unspecified atom stereocenters. The Kier molecular flexibility index (Phi) is 3.01. The van der Waals surface area contributed by atoms with E-state index in [1.165, 1.54) is 0 Å². The minimum atomic E-state index is 0.531. The molecule has 2 aromatic heterocycles. The van der Waals surface area contributed by atoms with Crippen molar-refractivity contribution in [2.24, 2.45) is 5.73 Å². The van der Waals surface area contributed by atoms with E-state index in [2.05, 4.69) is 4.98 Å². The minimum absolute atomic E-state index is 0.531. The molecule has 3 aromatic rings. The lowest BCUT2D eigenvalue weighted by molar-refractivity contribution is 1.03. The van der Waals surface area contributed by atoms with E-state index in [9.17, 15) is 0 Å². The van der Waals surface area contributed by atoms with Crippen LogP contribution in [0.5, 0.6) is 0 Å². The van der Waals surface area contributed by atoms with Crippen LogP contribution in [-0.2, 0) is 6.54 Å². The Hall–Kier alpha value is -1.84. The molecule has 0 spiro atoms. The maximum absolute atomic E-state index is 6.05. The lowest BCUT2D eigenvalue weighted by Gasteiger charge is -2.00. The van der Waals surface area contributed by atoms with E-state index >= 15 is 0 Å². The molecule has 3 nitrogen and oxygen atoms in total. The third kappa shape index (κ3) is 2.23. The summed E-state index contributed by atoms with van der Waals surface area (Å²) in [4.78, 5) is 4.61. The zero-order valence-electron chi connectivity index (χ0n) is 10.6. The summed E-state index contributed by atoms with van der Waals surface area (Å²) in [6, 6.07) is 9.92. The van der Waals surface area contributed by atoms with Crippen molar-refractivity contribution in [1.82, 2.24) is 9.38 Å². The Morgan fingerprint density at radius 2 is 2.05 bits per heavy atom. The van der Waals surface area contributed by atoms with Gasteiger partial charge in [-0.15, -0.1) is 0 Å². The highest BCUT2D eigenvalue weighted by atomic mass is 35.5. The fourth-order valence-electron chi connectivity index (χ4n) is 2.10. The number of hydrogen-bond acceptors (Lipinski definition) is 2. The number of nitrogens with two attached hydrogens (primary N) is 1. The first-order chi connectivity index (χ1) is 9.17. The van der Waals surface area contributed by atoms with E-state index in [0.717, 1.165) is 33.1 Å². The summed E-state index contributed by atoms with van der Waals surface area (Å²) in [5.74, 6) is 0. The SMILES string of the molecule is Cc1cc(-c2cn3cc(CN)ccc3n2)ccc1Cl. The monoisotopic (exact) mass is 271 g/mol. The fourth-order valence-corrected chi connectivity index (χ4v) is 2.22. The summed E-state index contributed by atoms with van der Waals surface area (Å²) in [5, 5.41) is 0.776. The number of fused-ring (bicyclic) bond motifs is 1. The first-order valence-corrected chi connectivity index (χ1v) is 6.49. The maximum atomic E-state index is 6.05. The van der Waals surface area contributed by atoms with Crippen LogP contribution in [-0.4, -0.2) is 9.38 Å². The van der Waals surface area contributed by atoms with Crippen LogP contribution in [0.4, 0.5) is 0 Å². The second-order valence-corrected chi connectivity index (χ2v) is 5.00. The van der Waals surface area contributed by atoms with Crippen molar-refractivity contribution in [3.8, 4) is 11.3 Å². The molecule has 4 heteroatoms. The zero-order valence-corrected chi connectivity index (χ0v) is 11.4. The smallest absolute Gasteiger partial charge is 0.137 e. The van der Waals surface area contributed by atoms with Gasteiger partial charge >= 0.3 is 0 Å². The molecule has 19 heavy (non-hydrogen) atoms. The highest BCUT2D eigenvalue weighted by molar-refractivity contribution is 6.31. The highest BCUT2D eigenvalue weighted by Crippen LogP contribution is 2.24. The van der Waals surface area contributed by atoms with Crippen LogP contribution < -0.4 is 5.73 Å². The van der Waals surface area contributed by atoms with E-state index < -0.39 is 0 Å². The molecular formula is C15H14ClN3. The van der Waals surface area contributed by atoms with Crippen molar-refractivity contribution in [3.05, 3.63) is 58.9 Å². The van der Waals surface area contributed by atoms with Gasteiger partial charge in [0.15, 0.2) is 0 Å². The summed E-state index contributed by atoms with van der Waals surface area (Å²) in [6.07, 6.45) is 4.02. The van der Waals surface area contributed by atoms with Crippen molar-refractivity contribution in [2.45, 2.75) is 13.5 Å². The average Bonchev–Trinajstić information content (AvgIpc) is 2.84. The van der Waals surface area contributed by atoms with Crippen LogP contribution in [0.2, 0.25) is 5.02 Å². The third-order valence-electron chi connectivity index (χ3n) is 3.20. The number of nitrogens with zero attached hydrogens (tertiary/aromatic N) is 2. The molecule has 0 radical (unpaired) electrons. The molecule has 0 saturated carbocycles. The Morgan fingerprint density at radius 3 is 2.79 bits per heavy atom. The third-order valence-corrected chi connectivity index (χ3v) is 3.63. The van der Waals surface area contributed by atoms with E-state index in [4.69, 9.17) is 17.3 Å². The van der Waals surface area contributed by atoms with Crippen molar-refractivity contribution in [2.75, 3.05) is 0 Å². The molecule has 3 rings (SSSR count). The molecule has 96 valence electrons. The summed E-state index contributed by atoms with van der Waals surface area (Å²) in [6.45, 7) is 2.53. The van der Waals surface area contributed by atoms with Gasteiger partial charge in [-0.25, -0.2) is 4.98 Å². The van der Waals surface area contributed by atoms with Crippen molar-refractivity contribution < 1.29 is 0 Å². The van der Waals surface area contributed by atoms with Crippen LogP contribution in [0.15, 0.2) is 42.7 Å². The second-order valence-electron chi connectivity index (χ2n) is 4.60. The molecule has 0 amide bonds. The van der Waals surface area contributed by atoms with Gasteiger partial charge < -0.3 is 10.1 Å². The number of benzene rings is 1. The van der Waals surface area contributed by atoms with Crippen molar-refractivity contribution in [1.29, 1.82) is 0 Å². The predicted molar refractivity (Wildman–Crippen MR) is 78.3 cm³/mol. The molecule has 0 aliphatic rings. The van der Waals surface area contributed by atoms with Gasteiger partial charge in [-0.1, -0.05) is 23.7 Å². The van der Waals surface area contributed by atoms with Gasteiger partial charge in [0.2, 0.25) is 0 Å². The normalized spacial score (nSPS) is 11.1. The van der Waals surface area contributed by atoms with Gasteiger partial charge in [-0.05, 0) is 36.2 Å². The number of pyridine rings is 1. The number of aromatic nitrogens is 2. The molecule has 0 aliphatic heterocycles. The maximum Gasteiger partial charge on any atom is 0.137 e.